The zero-order chi connectivity index (χ0) is 13.8. The van der Waals surface area contributed by atoms with E-state index in [4.69, 9.17) is 22.7 Å². The molecule has 0 unspecified atom stereocenters. The van der Waals surface area contributed by atoms with Crippen molar-refractivity contribution >= 4 is 22.9 Å². The fourth-order valence-electron chi connectivity index (χ4n) is 2.08. The molecule has 3 nitrogen and oxygen atoms in total. The van der Waals surface area contributed by atoms with E-state index in [2.05, 4.69) is 5.32 Å². The lowest BCUT2D eigenvalue weighted by Gasteiger charge is -2.23. The Morgan fingerprint density at radius 3 is 2.42 bits per heavy atom. The van der Waals surface area contributed by atoms with Crippen LogP contribution in [0.3, 0.4) is 0 Å². The second kappa shape index (κ2) is 6.25. The van der Waals surface area contributed by atoms with Crippen LogP contribution >= 0.6 is 12.2 Å². The van der Waals surface area contributed by atoms with Gasteiger partial charge in [0.1, 0.15) is 22.3 Å². The van der Waals surface area contributed by atoms with Crippen LogP contribution in [0.5, 0.6) is 0 Å². The number of halogens is 2. The lowest BCUT2D eigenvalue weighted by atomic mass is 10.0. The third-order valence-corrected chi connectivity index (χ3v) is 3.47. The quantitative estimate of drug-likeness (QED) is 0.835. The molecule has 0 saturated carbocycles. The number of nitrogens with two attached hydrogens (primary N) is 1. The highest BCUT2D eigenvalue weighted by Gasteiger charge is 2.16. The van der Waals surface area contributed by atoms with Crippen molar-refractivity contribution in [1.29, 1.82) is 0 Å². The molecule has 1 aromatic carbocycles. The van der Waals surface area contributed by atoms with Crippen molar-refractivity contribution in [2.75, 3.05) is 25.1 Å². The van der Waals surface area contributed by atoms with Crippen LogP contribution in [0.2, 0.25) is 0 Å². The van der Waals surface area contributed by atoms with Crippen LogP contribution in [0, 0.1) is 17.6 Å². The maximum atomic E-state index is 13.8. The number of anilines is 1. The van der Waals surface area contributed by atoms with E-state index in [0.717, 1.165) is 25.0 Å². The first-order valence-electron chi connectivity index (χ1n) is 6.18. The predicted molar refractivity (Wildman–Crippen MR) is 74.3 cm³/mol. The van der Waals surface area contributed by atoms with Crippen LogP contribution in [0.25, 0.3) is 0 Å². The van der Waals surface area contributed by atoms with Gasteiger partial charge in [-0.2, -0.15) is 0 Å². The summed E-state index contributed by atoms with van der Waals surface area (Å²) in [4.78, 5) is -0.0196. The molecule has 1 fully saturated rings. The number of hydrogen-bond acceptors (Lipinski definition) is 3. The summed E-state index contributed by atoms with van der Waals surface area (Å²) in [5.41, 5.74) is 5.43. The van der Waals surface area contributed by atoms with Gasteiger partial charge in [0.05, 0.1) is 0 Å². The van der Waals surface area contributed by atoms with E-state index in [-0.39, 0.29) is 16.2 Å². The molecule has 0 atom stereocenters. The zero-order valence-electron chi connectivity index (χ0n) is 10.4. The van der Waals surface area contributed by atoms with E-state index in [0.29, 0.717) is 25.7 Å². The third kappa shape index (κ3) is 3.61. The van der Waals surface area contributed by atoms with Gasteiger partial charge in [-0.3, -0.25) is 0 Å². The van der Waals surface area contributed by atoms with Crippen LogP contribution in [0.4, 0.5) is 14.5 Å². The van der Waals surface area contributed by atoms with E-state index < -0.39 is 11.6 Å². The maximum absolute atomic E-state index is 13.8. The molecule has 0 spiro atoms. The molecule has 1 heterocycles. The van der Waals surface area contributed by atoms with Crippen LogP contribution in [-0.2, 0) is 4.74 Å². The Hall–Kier alpha value is -1.27. The lowest BCUT2D eigenvalue weighted by Crippen LogP contribution is -2.23. The Balaban J connectivity index is 2.05. The molecule has 3 N–H and O–H groups in total. The summed E-state index contributed by atoms with van der Waals surface area (Å²) < 4.78 is 32.8. The maximum Gasteiger partial charge on any atom is 0.150 e. The average Bonchev–Trinajstić information content (AvgIpc) is 2.38. The monoisotopic (exact) mass is 286 g/mol. The summed E-state index contributed by atoms with van der Waals surface area (Å²) >= 11 is 4.70. The zero-order valence-corrected chi connectivity index (χ0v) is 11.2. The van der Waals surface area contributed by atoms with Crippen LogP contribution in [0.1, 0.15) is 18.4 Å². The van der Waals surface area contributed by atoms with Crippen molar-refractivity contribution in [3.63, 3.8) is 0 Å². The SMILES string of the molecule is NC(=S)c1cc(F)c(NCC2CCOCC2)c(F)c1. The van der Waals surface area contributed by atoms with Gasteiger partial charge in [-0.25, -0.2) is 8.78 Å². The largest absolute Gasteiger partial charge is 0.389 e. The molecule has 1 aliphatic heterocycles. The summed E-state index contributed by atoms with van der Waals surface area (Å²) in [6, 6.07) is 2.30. The molecule has 104 valence electrons. The molecule has 1 aromatic rings. The minimum atomic E-state index is -0.671. The normalized spacial score (nSPS) is 16.3. The summed E-state index contributed by atoms with van der Waals surface area (Å²) in [6.45, 7) is 1.94. The fraction of sp³-hybridized carbons (Fsp3) is 0.462. The van der Waals surface area contributed by atoms with Gasteiger partial charge in [-0.05, 0) is 30.9 Å². The molecule has 0 aliphatic carbocycles. The highest BCUT2D eigenvalue weighted by Crippen LogP contribution is 2.22. The number of thiocarbonyl (C=S) groups is 1. The first kappa shape index (κ1) is 14.1. The lowest BCUT2D eigenvalue weighted by molar-refractivity contribution is 0.0699. The van der Waals surface area contributed by atoms with Gasteiger partial charge >= 0.3 is 0 Å². The van der Waals surface area contributed by atoms with Crippen molar-refractivity contribution in [2.24, 2.45) is 11.7 Å². The van der Waals surface area contributed by atoms with Gasteiger partial charge in [0.15, 0.2) is 0 Å². The minimum Gasteiger partial charge on any atom is -0.389 e. The van der Waals surface area contributed by atoms with Gasteiger partial charge in [0.2, 0.25) is 0 Å². The predicted octanol–water partition coefficient (Wildman–Crippen LogP) is 2.44. The number of ether oxygens (including phenoxy) is 1. The van der Waals surface area contributed by atoms with E-state index in [9.17, 15) is 8.78 Å². The second-order valence-electron chi connectivity index (χ2n) is 4.62. The molecule has 2 rings (SSSR count). The number of rotatable bonds is 4. The Morgan fingerprint density at radius 1 is 1.32 bits per heavy atom. The summed E-state index contributed by atoms with van der Waals surface area (Å²) in [7, 11) is 0. The Kier molecular flexibility index (Phi) is 4.66. The smallest absolute Gasteiger partial charge is 0.150 e. The van der Waals surface area contributed by atoms with E-state index >= 15 is 0 Å². The van der Waals surface area contributed by atoms with Crippen molar-refractivity contribution in [3.8, 4) is 0 Å². The minimum absolute atomic E-state index is 0.0196. The second-order valence-corrected chi connectivity index (χ2v) is 5.06. The molecule has 0 aromatic heterocycles. The molecular formula is C13H16F2N2OS. The highest BCUT2D eigenvalue weighted by atomic mass is 32.1. The van der Waals surface area contributed by atoms with Gasteiger partial charge in [0, 0.05) is 25.3 Å². The number of hydrogen-bond donors (Lipinski definition) is 2. The summed E-state index contributed by atoms with van der Waals surface area (Å²) in [5, 5.41) is 2.83. The topological polar surface area (TPSA) is 47.3 Å². The van der Waals surface area contributed by atoms with E-state index in [1.807, 2.05) is 0 Å². The standard InChI is InChI=1S/C13H16F2N2OS/c14-10-5-9(13(16)19)6-11(15)12(10)17-7-8-1-3-18-4-2-8/h5-6,8,17H,1-4,7H2,(H2,16,19). The Morgan fingerprint density at radius 2 is 1.89 bits per heavy atom. The summed E-state index contributed by atoms with van der Waals surface area (Å²) in [6.07, 6.45) is 1.81. The molecular weight excluding hydrogens is 270 g/mol. The molecule has 1 saturated heterocycles. The van der Waals surface area contributed by atoms with Crippen molar-refractivity contribution in [3.05, 3.63) is 29.3 Å². The van der Waals surface area contributed by atoms with Gasteiger partial charge < -0.3 is 15.8 Å². The average molecular weight is 286 g/mol. The van der Waals surface area contributed by atoms with Gasteiger partial charge in [-0.1, -0.05) is 12.2 Å². The Labute approximate surface area is 116 Å². The molecule has 0 amide bonds. The van der Waals surface area contributed by atoms with E-state index in [1.54, 1.807) is 0 Å². The fourth-order valence-corrected chi connectivity index (χ4v) is 2.20. The Bertz CT molecular complexity index is 453. The van der Waals surface area contributed by atoms with E-state index in [1.165, 1.54) is 0 Å². The van der Waals surface area contributed by atoms with Gasteiger partial charge in [0.25, 0.3) is 0 Å². The van der Waals surface area contributed by atoms with Crippen molar-refractivity contribution in [2.45, 2.75) is 12.8 Å². The first-order chi connectivity index (χ1) is 9.08. The summed E-state index contributed by atoms with van der Waals surface area (Å²) in [5.74, 6) is -0.965. The number of nitrogens with one attached hydrogen (secondary N) is 1. The first-order valence-corrected chi connectivity index (χ1v) is 6.59. The van der Waals surface area contributed by atoms with Crippen LogP contribution in [-0.4, -0.2) is 24.7 Å². The van der Waals surface area contributed by atoms with Gasteiger partial charge in [-0.15, -0.1) is 0 Å². The third-order valence-electron chi connectivity index (χ3n) is 3.24. The number of benzene rings is 1. The van der Waals surface area contributed by atoms with Crippen LogP contribution < -0.4 is 11.1 Å². The van der Waals surface area contributed by atoms with Crippen LogP contribution in [0.15, 0.2) is 12.1 Å². The molecule has 19 heavy (non-hydrogen) atoms. The van der Waals surface area contributed by atoms with Crippen molar-refractivity contribution < 1.29 is 13.5 Å². The van der Waals surface area contributed by atoms with Crippen molar-refractivity contribution in [1.82, 2.24) is 0 Å². The molecule has 0 radical (unpaired) electrons. The molecule has 0 bridgehead atoms. The molecule has 6 heteroatoms. The highest BCUT2D eigenvalue weighted by molar-refractivity contribution is 7.80. The molecule has 1 aliphatic rings.